The molecule has 1 aliphatic heterocycles. The van der Waals surface area contributed by atoms with E-state index in [0.717, 1.165) is 38.4 Å². The largest absolute Gasteiger partial charge is 0.487 e. The van der Waals surface area contributed by atoms with Gasteiger partial charge in [-0.3, -0.25) is 4.79 Å². The lowest BCUT2D eigenvalue weighted by Gasteiger charge is -2.20. The van der Waals surface area contributed by atoms with E-state index in [-0.39, 0.29) is 18.1 Å². The zero-order chi connectivity index (χ0) is 19.6. The van der Waals surface area contributed by atoms with E-state index in [1.165, 1.54) is 0 Å². The Morgan fingerprint density at radius 3 is 2.81 bits per heavy atom. The quantitative estimate of drug-likeness (QED) is 0.525. The molecule has 1 fully saturated rings. The molecule has 2 N–H and O–H groups in total. The smallest absolute Gasteiger partial charge is 0.222 e. The molecule has 7 heteroatoms. The van der Waals surface area contributed by atoms with Crippen LogP contribution in [0.25, 0.3) is 0 Å². The number of hydrogen-bond donors (Lipinski definition) is 2. The summed E-state index contributed by atoms with van der Waals surface area (Å²) in [5, 5.41) is 7.33. The Labute approximate surface area is 167 Å². The Morgan fingerprint density at radius 1 is 1.37 bits per heavy atom. The Morgan fingerprint density at radius 2 is 2.15 bits per heavy atom. The molecule has 1 aliphatic rings. The van der Waals surface area contributed by atoms with Crippen molar-refractivity contribution in [2.45, 2.75) is 52.2 Å². The van der Waals surface area contributed by atoms with Crippen molar-refractivity contribution in [1.29, 1.82) is 0 Å². The lowest BCUT2D eigenvalue weighted by molar-refractivity contribution is -0.129. The molecule has 1 amide bonds. The highest BCUT2D eigenvalue weighted by Crippen LogP contribution is 2.24. The third-order valence-corrected chi connectivity index (χ3v) is 4.88. The Bertz CT molecular complexity index is 638. The van der Waals surface area contributed by atoms with Crippen LogP contribution >= 0.6 is 11.6 Å². The van der Waals surface area contributed by atoms with Gasteiger partial charge in [-0.1, -0.05) is 37.6 Å². The van der Waals surface area contributed by atoms with Gasteiger partial charge >= 0.3 is 0 Å². The minimum Gasteiger partial charge on any atom is -0.487 e. The summed E-state index contributed by atoms with van der Waals surface area (Å²) in [6, 6.07) is 7.71. The molecule has 0 aromatic heterocycles. The summed E-state index contributed by atoms with van der Waals surface area (Å²) in [4.78, 5) is 18.5. The van der Waals surface area contributed by atoms with Crippen LogP contribution in [0.3, 0.4) is 0 Å². The van der Waals surface area contributed by atoms with Gasteiger partial charge in [0.05, 0.1) is 11.6 Å². The molecular weight excluding hydrogens is 364 g/mol. The second kappa shape index (κ2) is 11.0. The predicted molar refractivity (Wildman–Crippen MR) is 111 cm³/mol. The van der Waals surface area contributed by atoms with Crippen LogP contribution in [0.2, 0.25) is 5.02 Å². The monoisotopic (exact) mass is 394 g/mol. The van der Waals surface area contributed by atoms with Gasteiger partial charge < -0.3 is 20.3 Å². The number of carbonyl (C=O) groups is 1. The number of nitrogens with zero attached hydrogens (tertiary/aromatic N) is 2. The molecule has 2 atom stereocenters. The van der Waals surface area contributed by atoms with Crippen molar-refractivity contribution < 1.29 is 9.53 Å². The molecule has 6 nitrogen and oxygen atoms in total. The van der Waals surface area contributed by atoms with Gasteiger partial charge in [-0.2, -0.15) is 0 Å². The van der Waals surface area contributed by atoms with Gasteiger partial charge in [0.25, 0.3) is 0 Å². The van der Waals surface area contributed by atoms with E-state index in [0.29, 0.717) is 23.7 Å². The number of benzene rings is 1. The van der Waals surface area contributed by atoms with Crippen LogP contribution < -0.4 is 15.4 Å². The topological polar surface area (TPSA) is 66.0 Å². The molecule has 27 heavy (non-hydrogen) atoms. The van der Waals surface area contributed by atoms with Crippen LogP contribution in [-0.4, -0.2) is 55.1 Å². The first kappa shape index (κ1) is 21.4. The molecule has 0 bridgehead atoms. The van der Waals surface area contributed by atoms with Crippen molar-refractivity contribution in [2.75, 3.05) is 26.2 Å². The Kier molecular flexibility index (Phi) is 8.72. The van der Waals surface area contributed by atoms with Crippen molar-refractivity contribution in [3.05, 3.63) is 29.3 Å². The zero-order valence-electron chi connectivity index (χ0n) is 16.5. The second-order valence-electron chi connectivity index (χ2n) is 6.62. The maximum atomic E-state index is 11.9. The molecule has 0 spiro atoms. The maximum Gasteiger partial charge on any atom is 0.222 e. The fourth-order valence-electron chi connectivity index (χ4n) is 3.00. The molecule has 1 aromatic rings. The van der Waals surface area contributed by atoms with Gasteiger partial charge in [0.2, 0.25) is 5.91 Å². The zero-order valence-corrected chi connectivity index (χ0v) is 17.3. The minimum atomic E-state index is -0.0536. The predicted octanol–water partition coefficient (Wildman–Crippen LogP) is 3.06. The molecule has 0 radical (unpaired) electrons. The number of guanidine groups is 1. The number of para-hydroxylation sites is 1. The number of carbonyl (C=O) groups excluding carboxylic acids is 1. The van der Waals surface area contributed by atoms with Crippen LogP contribution in [-0.2, 0) is 4.79 Å². The molecule has 150 valence electrons. The van der Waals surface area contributed by atoms with Gasteiger partial charge in [-0.25, -0.2) is 4.99 Å². The van der Waals surface area contributed by atoms with Crippen LogP contribution in [0, 0.1) is 0 Å². The van der Waals surface area contributed by atoms with E-state index in [1.54, 1.807) is 0 Å². The van der Waals surface area contributed by atoms with E-state index in [9.17, 15) is 4.79 Å². The lowest BCUT2D eigenvalue weighted by Crippen LogP contribution is -2.45. The van der Waals surface area contributed by atoms with E-state index in [2.05, 4.69) is 22.5 Å². The number of hydrogen-bond acceptors (Lipinski definition) is 3. The summed E-state index contributed by atoms with van der Waals surface area (Å²) in [5.74, 6) is 1.65. The van der Waals surface area contributed by atoms with Gasteiger partial charge in [0.1, 0.15) is 11.9 Å². The molecular formula is C20H31ClN4O2. The summed E-state index contributed by atoms with van der Waals surface area (Å²) < 4.78 is 6.01. The first-order valence-corrected chi connectivity index (χ1v) is 10.2. The van der Waals surface area contributed by atoms with Crippen molar-refractivity contribution in [2.24, 2.45) is 4.99 Å². The van der Waals surface area contributed by atoms with Gasteiger partial charge in [-0.15, -0.1) is 0 Å². The molecule has 2 unspecified atom stereocenters. The average Bonchev–Trinajstić information content (AvgIpc) is 3.14. The molecule has 1 saturated heterocycles. The van der Waals surface area contributed by atoms with Crippen molar-refractivity contribution in [3.63, 3.8) is 0 Å². The molecule has 2 rings (SSSR count). The molecule has 0 aliphatic carbocycles. The normalized spacial score (nSPS) is 18.3. The number of amides is 1. The van der Waals surface area contributed by atoms with Gasteiger partial charge in [0.15, 0.2) is 5.96 Å². The highest BCUT2D eigenvalue weighted by atomic mass is 35.5. The number of rotatable bonds is 8. The summed E-state index contributed by atoms with van der Waals surface area (Å²) in [6.45, 7) is 8.85. The van der Waals surface area contributed by atoms with Crippen LogP contribution in [0.15, 0.2) is 29.3 Å². The van der Waals surface area contributed by atoms with E-state index < -0.39 is 0 Å². The van der Waals surface area contributed by atoms with Crippen molar-refractivity contribution >= 4 is 23.5 Å². The summed E-state index contributed by atoms with van der Waals surface area (Å²) in [5.41, 5.74) is 0. The summed E-state index contributed by atoms with van der Waals surface area (Å²) >= 11 is 6.18. The second-order valence-corrected chi connectivity index (χ2v) is 7.03. The van der Waals surface area contributed by atoms with E-state index in [4.69, 9.17) is 16.3 Å². The third-order valence-electron chi connectivity index (χ3n) is 4.57. The fraction of sp³-hybridized carbons (Fsp3) is 0.600. The first-order valence-electron chi connectivity index (χ1n) is 9.81. The van der Waals surface area contributed by atoms with E-state index >= 15 is 0 Å². The Balaban J connectivity index is 1.93. The number of aliphatic imine (C=N–C) groups is 1. The van der Waals surface area contributed by atoms with Crippen LogP contribution in [0.5, 0.6) is 5.75 Å². The van der Waals surface area contributed by atoms with E-state index in [1.807, 2.05) is 43.0 Å². The average molecular weight is 395 g/mol. The van der Waals surface area contributed by atoms with Crippen LogP contribution in [0.1, 0.15) is 40.0 Å². The maximum absolute atomic E-state index is 11.9. The lowest BCUT2D eigenvalue weighted by atomic mass is 10.2. The number of nitrogens with one attached hydrogen (secondary N) is 2. The standard InChI is InChI=1S/C20H31ClN4O2/c1-4-16(27-18-10-8-7-9-17(18)21)13-23-20(22-6-3)24-15-11-12-25(14-15)19(26)5-2/h7-10,15-16H,4-6,11-14H2,1-3H3,(H2,22,23,24). The van der Waals surface area contributed by atoms with Crippen LogP contribution in [0.4, 0.5) is 0 Å². The van der Waals surface area contributed by atoms with Gasteiger partial charge in [0, 0.05) is 32.1 Å². The summed E-state index contributed by atoms with van der Waals surface area (Å²) in [6.07, 6.45) is 2.26. The minimum absolute atomic E-state index is 0.0536. The first-order chi connectivity index (χ1) is 13.1. The van der Waals surface area contributed by atoms with Crippen molar-refractivity contribution in [1.82, 2.24) is 15.5 Å². The number of ether oxygens (including phenoxy) is 1. The SMILES string of the molecule is CCNC(=NCC(CC)Oc1ccccc1Cl)NC1CCN(C(=O)CC)C1. The highest BCUT2D eigenvalue weighted by Gasteiger charge is 2.25. The summed E-state index contributed by atoms with van der Waals surface area (Å²) in [7, 11) is 0. The van der Waals surface area contributed by atoms with Crippen molar-refractivity contribution in [3.8, 4) is 5.75 Å². The molecule has 0 saturated carbocycles. The number of halogens is 1. The highest BCUT2D eigenvalue weighted by molar-refractivity contribution is 6.32. The number of likely N-dealkylation sites (tertiary alicyclic amines) is 1. The van der Waals surface area contributed by atoms with Gasteiger partial charge in [-0.05, 0) is 31.9 Å². The molecule has 1 heterocycles. The fourth-order valence-corrected chi connectivity index (χ4v) is 3.18. The molecule has 1 aromatic carbocycles. The third kappa shape index (κ3) is 6.61. The Hall–Kier alpha value is -1.95.